The van der Waals surface area contributed by atoms with Gasteiger partial charge in [-0.25, -0.2) is 0 Å². The van der Waals surface area contributed by atoms with Gasteiger partial charge in [0.15, 0.2) is 0 Å². The van der Waals surface area contributed by atoms with Crippen molar-refractivity contribution < 1.29 is 9.53 Å². The number of rotatable bonds is 4. The lowest BCUT2D eigenvalue weighted by Crippen LogP contribution is -2.46. The second-order valence-corrected chi connectivity index (χ2v) is 6.02. The molecule has 19 heavy (non-hydrogen) atoms. The molecule has 1 heterocycles. The Kier molecular flexibility index (Phi) is 5.64. The summed E-state index contributed by atoms with van der Waals surface area (Å²) in [6, 6.07) is 0.167. The summed E-state index contributed by atoms with van der Waals surface area (Å²) in [5, 5.41) is 3.24. The summed E-state index contributed by atoms with van der Waals surface area (Å²) in [7, 11) is 2.09. The molecule has 0 radical (unpaired) electrons. The molecule has 2 rings (SSSR count). The van der Waals surface area contributed by atoms with E-state index in [9.17, 15) is 4.79 Å². The summed E-state index contributed by atoms with van der Waals surface area (Å²) in [6.07, 6.45) is 7.27. The summed E-state index contributed by atoms with van der Waals surface area (Å²) in [5.74, 6) is 0.489. The number of hydrogen-bond acceptors (Lipinski definition) is 3. The van der Waals surface area contributed by atoms with Crippen LogP contribution in [-0.4, -0.2) is 49.7 Å². The topological polar surface area (TPSA) is 41.6 Å². The highest BCUT2D eigenvalue weighted by Gasteiger charge is 2.33. The van der Waals surface area contributed by atoms with Crippen molar-refractivity contribution in [3.63, 3.8) is 0 Å². The SMILES string of the molecule is CCO[C@H]1CN(C)C[C@@H]1NC(=O)C1CCCCCC1. The van der Waals surface area contributed by atoms with Gasteiger partial charge < -0.3 is 15.0 Å². The van der Waals surface area contributed by atoms with E-state index in [1.54, 1.807) is 0 Å². The van der Waals surface area contributed by atoms with Crippen molar-refractivity contribution >= 4 is 5.91 Å². The smallest absolute Gasteiger partial charge is 0.223 e. The fourth-order valence-corrected chi connectivity index (χ4v) is 3.33. The van der Waals surface area contributed by atoms with E-state index in [1.807, 2.05) is 6.92 Å². The fraction of sp³-hybridized carbons (Fsp3) is 0.933. The highest BCUT2D eigenvalue weighted by Crippen LogP contribution is 2.23. The van der Waals surface area contributed by atoms with E-state index in [0.717, 1.165) is 25.9 Å². The van der Waals surface area contributed by atoms with E-state index < -0.39 is 0 Å². The first-order valence-electron chi connectivity index (χ1n) is 7.81. The van der Waals surface area contributed by atoms with Crippen molar-refractivity contribution in [3.05, 3.63) is 0 Å². The quantitative estimate of drug-likeness (QED) is 0.790. The third-order valence-corrected chi connectivity index (χ3v) is 4.38. The van der Waals surface area contributed by atoms with Gasteiger partial charge in [-0.15, -0.1) is 0 Å². The molecule has 110 valence electrons. The predicted molar refractivity (Wildman–Crippen MR) is 76.0 cm³/mol. The number of ether oxygens (including phenoxy) is 1. The van der Waals surface area contributed by atoms with E-state index in [4.69, 9.17) is 4.74 Å². The summed E-state index contributed by atoms with van der Waals surface area (Å²) >= 11 is 0. The molecule has 2 atom stereocenters. The summed E-state index contributed by atoms with van der Waals surface area (Å²) < 4.78 is 5.74. The molecule has 1 saturated carbocycles. The summed E-state index contributed by atoms with van der Waals surface area (Å²) in [4.78, 5) is 14.6. The minimum absolute atomic E-state index is 0.157. The molecule has 0 spiro atoms. The normalized spacial score (nSPS) is 30.2. The molecular weight excluding hydrogens is 240 g/mol. The van der Waals surface area contributed by atoms with Crippen molar-refractivity contribution in [2.75, 3.05) is 26.7 Å². The number of likely N-dealkylation sites (tertiary alicyclic amines) is 1. The number of amides is 1. The highest BCUT2D eigenvalue weighted by atomic mass is 16.5. The molecule has 0 aromatic heterocycles. The number of carbonyl (C=O) groups excluding carboxylic acids is 1. The van der Waals surface area contributed by atoms with Crippen LogP contribution in [0.2, 0.25) is 0 Å². The second-order valence-electron chi connectivity index (χ2n) is 6.02. The number of hydrogen-bond donors (Lipinski definition) is 1. The lowest BCUT2D eigenvalue weighted by Gasteiger charge is -2.22. The molecule has 0 bridgehead atoms. The van der Waals surface area contributed by atoms with Gasteiger partial charge in [0.2, 0.25) is 5.91 Å². The molecule has 1 aliphatic heterocycles. The van der Waals surface area contributed by atoms with Crippen LogP contribution in [0.5, 0.6) is 0 Å². The van der Waals surface area contributed by atoms with Gasteiger partial charge in [-0.05, 0) is 26.8 Å². The van der Waals surface area contributed by atoms with Crippen molar-refractivity contribution in [1.82, 2.24) is 10.2 Å². The van der Waals surface area contributed by atoms with Crippen LogP contribution in [0.1, 0.15) is 45.4 Å². The zero-order valence-electron chi connectivity index (χ0n) is 12.4. The van der Waals surface area contributed by atoms with Crippen molar-refractivity contribution in [3.8, 4) is 0 Å². The number of nitrogens with zero attached hydrogens (tertiary/aromatic N) is 1. The predicted octanol–water partition coefficient (Wildman–Crippen LogP) is 1.79. The van der Waals surface area contributed by atoms with E-state index in [2.05, 4.69) is 17.3 Å². The number of likely N-dealkylation sites (N-methyl/N-ethyl adjacent to an activating group) is 1. The third-order valence-electron chi connectivity index (χ3n) is 4.38. The van der Waals surface area contributed by atoms with Crippen LogP contribution in [0.15, 0.2) is 0 Å². The van der Waals surface area contributed by atoms with Gasteiger partial charge >= 0.3 is 0 Å². The maximum absolute atomic E-state index is 12.4. The first-order chi connectivity index (χ1) is 9.20. The molecule has 2 aliphatic rings. The van der Waals surface area contributed by atoms with E-state index in [0.29, 0.717) is 6.61 Å². The first-order valence-corrected chi connectivity index (χ1v) is 7.81. The largest absolute Gasteiger partial charge is 0.375 e. The third kappa shape index (κ3) is 4.18. The Morgan fingerprint density at radius 1 is 1.21 bits per heavy atom. The Labute approximate surface area is 116 Å². The van der Waals surface area contributed by atoms with Crippen LogP contribution in [0, 0.1) is 5.92 Å². The lowest BCUT2D eigenvalue weighted by atomic mass is 9.99. The van der Waals surface area contributed by atoms with Crippen molar-refractivity contribution in [2.45, 2.75) is 57.6 Å². The molecule has 4 nitrogen and oxygen atoms in total. The van der Waals surface area contributed by atoms with Crippen molar-refractivity contribution in [2.24, 2.45) is 5.92 Å². The fourth-order valence-electron chi connectivity index (χ4n) is 3.33. The van der Waals surface area contributed by atoms with E-state index in [-0.39, 0.29) is 24.0 Å². The van der Waals surface area contributed by atoms with Gasteiger partial charge in [0.25, 0.3) is 0 Å². The molecule has 0 aromatic carbocycles. The zero-order valence-corrected chi connectivity index (χ0v) is 12.4. The number of carbonyl (C=O) groups is 1. The van der Waals surface area contributed by atoms with Crippen LogP contribution in [0.4, 0.5) is 0 Å². The van der Waals surface area contributed by atoms with Gasteiger partial charge in [0.05, 0.1) is 12.1 Å². The molecule has 1 aliphatic carbocycles. The van der Waals surface area contributed by atoms with Crippen LogP contribution in [0.3, 0.4) is 0 Å². The minimum atomic E-state index is 0.157. The molecular formula is C15H28N2O2. The maximum atomic E-state index is 12.4. The standard InChI is InChI=1S/C15H28N2O2/c1-3-19-14-11-17(2)10-13(14)16-15(18)12-8-6-4-5-7-9-12/h12-14H,3-11H2,1-2H3,(H,16,18)/t13-,14-/m0/s1. The second kappa shape index (κ2) is 7.25. The maximum Gasteiger partial charge on any atom is 0.223 e. The average Bonchev–Trinajstić information content (AvgIpc) is 2.60. The van der Waals surface area contributed by atoms with E-state index in [1.165, 1.54) is 25.7 Å². The Hall–Kier alpha value is -0.610. The van der Waals surface area contributed by atoms with Crippen molar-refractivity contribution in [1.29, 1.82) is 0 Å². The monoisotopic (exact) mass is 268 g/mol. The molecule has 0 aromatic rings. The zero-order chi connectivity index (χ0) is 13.7. The van der Waals surface area contributed by atoms with Gasteiger partial charge in [-0.3, -0.25) is 4.79 Å². The van der Waals surface area contributed by atoms with Crippen LogP contribution in [0.25, 0.3) is 0 Å². The molecule has 0 unspecified atom stereocenters. The minimum Gasteiger partial charge on any atom is -0.375 e. The molecule has 4 heteroatoms. The molecule has 1 N–H and O–H groups in total. The highest BCUT2D eigenvalue weighted by molar-refractivity contribution is 5.79. The van der Waals surface area contributed by atoms with Gasteiger partial charge in [0.1, 0.15) is 0 Å². The summed E-state index contributed by atoms with van der Waals surface area (Å²) in [6.45, 7) is 4.56. The average molecular weight is 268 g/mol. The summed E-state index contributed by atoms with van der Waals surface area (Å²) in [5.41, 5.74) is 0. The van der Waals surface area contributed by atoms with Gasteiger partial charge in [0, 0.05) is 25.6 Å². The first kappa shape index (κ1) is 14.8. The lowest BCUT2D eigenvalue weighted by molar-refractivity contribution is -0.126. The van der Waals surface area contributed by atoms with Crippen LogP contribution in [-0.2, 0) is 9.53 Å². The molecule has 1 amide bonds. The Morgan fingerprint density at radius 2 is 1.89 bits per heavy atom. The molecule has 2 fully saturated rings. The van der Waals surface area contributed by atoms with Crippen LogP contribution < -0.4 is 5.32 Å². The van der Waals surface area contributed by atoms with Crippen LogP contribution >= 0.6 is 0 Å². The van der Waals surface area contributed by atoms with Gasteiger partial charge in [-0.2, -0.15) is 0 Å². The van der Waals surface area contributed by atoms with Gasteiger partial charge in [-0.1, -0.05) is 25.7 Å². The Morgan fingerprint density at radius 3 is 2.53 bits per heavy atom. The Balaban J connectivity index is 1.86. The Bertz CT molecular complexity index is 288. The molecule has 1 saturated heterocycles. The number of nitrogens with one attached hydrogen (secondary N) is 1. The van der Waals surface area contributed by atoms with E-state index >= 15 is 0 Å².